The molecule has 0 bridgehead atoms. The summed E-state index contributed by atoms with van der Waals surface area (Å²) in [4.78, 5) is 35.7. The number of nitrogens with one attached hydrogen (secondary N) is 2. The van der Waals surface area contributed by atoms with Crippen molar-refractivity contribution in [3.05, 3.63) is 57.0 Å². The number of aromatic amines is 1. The number of anilines is 1. The average molecular weight is 346 g/mol. The highest BCUT2D eigenvalue weighted by atomic mass is 32.2. The van der Waals surface area contributed by atoms with Gasteiger partial charge in [-0.05, 0) is 12.1 Å². The fourth-order valence-electron chi connectivity index (χ4n) is 1.88. The Bertz CT molecular complexity index is 965. The quantitative estimate of drug-likeness (QED) is 0.400. The maximum absolute atomic E-state index is 11.9. The first-order valence-corrected chi connectivity index (χ1v) is 7.62. The highest BCUT2D eigenvalue weighted by Crippen LogP contribution is 2.18. The largest absolute Gasteiger partial charge is 0.325 e. The van der Waals surface area contributed by atoms with E-state index in [1.807, 2.05) is 0 Å². The second-order valence-electron chi connectivity index (χ2n) is 4.62. The van der Waals surface area contributed by atoms with Crippen molar-refractivity contribution in [3.63, 3.8) is 0 Å². The van der Waals surface area contributed by atoms with Crippen LogP contribution in [0.1, 0.15) is 0 Å². The first-order valence-electron chi connectivity index (χ1n) is 6.64. The minimum Gasteiger partial charge on any atom is -0.325 e. The number of H-pyrrole nitrogens is 1. The van der Waals surface area contributed by atoms with Gasteiger partial charge in [-0.1, -0.05) is 11.8 Å². The molecule has 0 radical (unpaired) electrons. The Morgan fingerprint density at radius 1 is 1.29 bits per heavy atom. The molecule has 2 aromatic heterocycles. The lowest BCUT2D eigenvalue weighted by atomic mass is 10.3. The fourth-order valence-corrected chi connectivity index (χ4v) is 2.60. The lowest BCUT2D eigenvalue weighted by Gasteiger charge is -2.04. The molecule has 0 aliphatic carbocycles. The van der Waals surface area contributed by atoms with Gasteiger partial charge in [0, 0.05) is 30.1 Å². The van der Waals surface area contributed by atoms with E-state index in [0.717, 1.165) is 11.8 Å². The number of nitro benzene ring substituents is 1. The first kappa shape index (κ1) is 15.7. The van der Waals surface area contributed by atoms with Gasteiger partial charge in [-0.3, -0.25) is 29.1 Å². The number of hydrogen-bond acceptors (Lipinski definition) is 7. The summed E-state index contributed by atoms with van der Waals surface area (Å²) >= 11 is 1.14. The van der Waals surface area contributed by atoms with Gasteiger partial charge in [0.1, 0.15) is 0 Å². The highest BCUT2D eigenvalue weighted by Gasteiger charge is 2.10. The van der Waals surface area contributed by atoms with Gasteiger partial charge in [0.05, 0.1) is 10.7 Å². The molecule has 0 fully saturated rings. The molecule has 0 atom stereocenters. The number of non-ortho nitro benzene ring substituents is 1. The highest BCUT2D eigenvalue weighted by molar-refractivity contribution is 7.99. The number of carbonyl (C=O) groups excluding carboxylic acids is 1. The van der Waals surface area contributed by atoms with E-state index in [0.29, 0.717) is 16.6 Å². The lowest BCUT2D eigenvalue weighted by molar-refractivity contribution is -0.384. The van der Waals surface area contributed by atoms with Crippen LogP contribution in [0.4, 0.5) is 11.4 Å². The molecule has 3 rings (SSSR count). The zero-order valence-corrected chi connectivity index (χ0v) is 12.8. The molecule has 11 heteroatoms. The molecule has 122 valence electrons. The van der Waals surface area contributed by atoms with Crippen molar-refractivity contribution < 1.29 is 9.72 Å². The fraction of sp³-hybridized carbons (Fsp3) is 0.0769. The molecular weight excluding hydrogens is 336 g/mol. The van der Waals surface area contributed by atoms with Gasteiger partial charge in [-0.15, -0.1) is 10.2 Å². The lowest BCUT2D eigenvalue weighted by Crippen LogP contribution is -2.14. The summed E-state index contributed by atoms with van der Waals surface area (Å²) in [6, 6.07) is 6.86. The maximum atomic E-state index is 11.9. The Labute approximate surface area is 138 Å². The monoisotopic (exact) mass is 346 g/mol. The Kier molecular flexibility index (Phi) is 4.24. The summed E-state index contributed by atoms with van der Waals surface area (Å²) in [5.41, 5.74) is 0.121. The number of aromatic nitrogens is 4. The van der Waals surface area contributed by atoms with Crippen LogP contribution in [0, 0.1) is 10.1 Å². The van der Waals surface area contributed by atoms with Gasteiger partial charge in [-0.25, -0.2) is 0 Å². The number of rotatable bonds is 5. The van der Waals surface area contributed by atoms with E-state index >= 15 is 0 Å². The van der Waals surface area contributed by atoms with Crippen LogP contribution < -0.4 is 10.9 Å². The summed E-state index contributed by atoms with van der Waals surface area (Å²) in [6.45, 7) is 0. The molecule has 0 saturated carbocycles. The van der Waals surface area contributed by atoms with Crippen LogP contribution in [0.2, 0.25) is 0 Å². The summed E-state index contributed by atoms with van der Waals surface area (Å²) in [5, 5.41) is 21.4. The second kappa shape index (κ2) is 6.50. The molecule has 2 N–H and O–H groups in total. The molecule has 0 spiro atoms. The molecule has 0 aliphatic heterocycles. The predicted octanol–water partition coefficient (Wildman–Crippen LogP) is 1.06. The predicted molar refractivity (Wildman–Crippen MR) is 86.1 cm³/mol. The van der Waals surface area contributed by atoms with E-state index in [-0.39, 0.29) is 22.9 Å². The topological polar surface area (TPSA) is 135 Å². The van der Waals surface area contributed by atoms with Crippen LogP contribution in [0.25, 0.3) is 5.78 Å². The first-order chi connectivity index (χ1) is 11.5. The number of hydrogen-bond donors (Lipinski definition) is 2. The van der Waals surface area contributed by atoms with Gasteiger partial charge in [-0.2, -0.15) is 0 Å². The molecule has 24 heavy (non-hydrogen) atoms. The summed E-state index contributed by atoms with van der Waals surface area (Å²) < 4.78 is 1.56. The molecule has 1 amide bonds. The zero-order valence-electron chi connectivity index (χ0n) is 12.0. The van der Waals surface area contributed by atoms with E-state index in [9.17, 15) is 19.7 Å². The molecular formula is C13H10N6O4S. The van der Waals surface area contributed by atoms with E-state index in [2.05, 4.69) is 20.5 Å². The number of amides is 1. The third kappa shape index (κ3) is 3.41. The molecule has 2 heterocycles. The van der Waals surface area contributed by atoms with E-state index in [1.54, 1.807) is 4.40 Å². The van der Waals surface area contributed by atoms with Crippen LogP contribution in [-0.2, 0) is 4.79 Å². The minimum absolute atomic E-state index is 0.0497. The number of carbonyl (C=O) groups is 1. The SMILES string of the molecule is O=C(CSc1nnc2[nH]c(=O)ccn12)Nc1ccc([N+](=O)[O-])cc1. The zero-order chi connectivity index (χ0) is 17.1. The van der Waals surface area contributed by atoms with Crippen molar-refractivity contribution in [1.29, 1.82) is 0 Å². The summed E-state index contributed by atoms with van der Waals surface area (Å²) in [6.07, 6.45) is 1.52. The van der Waals surface area contributed by atoms with Crippen LogP contribution in [0.15, 0.2) is 46.5 Å². The van der Waals surface area contributed by atoms with Crippen molar-refractivity contribution >= 4 is 34.8 Å². The number of benzene rings is 1. The van der Waals surface area contributed by atoms with Crippen molar-refractivity contribution in [2.45, 2.75) is 5.16 Å². The van der Waals surface area contributed by atoms with Gasteiger partial charge in [0.25, 0.3) is 11.2 Å². The van der Waals surface area contributed by atoms with Crippen LogP contribution >= 0.6 is 11.8 Å². The Hall–Kier alpha value is -3.21. The second-order valence-corrected chi connectivity index (χ2v) is 5.56. The Morgan fingerprint density at radius 2 is 2.04 bits per heavy atom. The van der Waals surface area contributed by atoms with E-state index in [1.165, 1.54) is 36.5 Å². The van der Waals surface area contributed by atoms with Crippen LogP contribution in [-0.4, -0.2) is 36.2 Å². The van der Waals surface area contributed by atoms with Crippen molar-refractivity contribution in [3.8, 4) is 0 Å². The summed E-state index contributed by atoms with van der Waals surface area (Å²) in [5.74, 6) is 0.0625. The van der Waals surface area contributed by atoms with Gasteiger partial charge >= 0.3 is 0 Å². The number of nitro groups is 1. The molecule has 1 aromatic carbocycles. The van der Waals surface area contributed by atoms with Crippen LogP contribution in [0.3, 0.4) is 0 Å². The molecule has 0 unspecified atom stereocenters. The molecule has 0 saturated heterocycles. The molecule has 3 aromatic rings. The standard InChI is InChI=1S/C13H10N6O4S/c20-10-5-6-18-12(15-10)16-17-13(18)24-7-11(21)14-8-1-3-9(4-2-8)19(22)23/h1-6H,7H2,(H,14,21)(H,15,16,20). The van der Waals surface area contributed by atoms with Crippen LogP contribution in [0.5, 0.6) is 0 Å². The molecule has 10 nitrogen and oxygen atoms in total. The number of thioether (sulfide) groups is 1. The minimum atomic E-state index is -0.512. The third-order valence-electron chi connectivity index (χ3n) is 2.97. The van der Waals surface area contributed by atoms with Gasteiger partial charge in [0.15, 0.2) is 5.16 Å². The van der Waals surface area contributed by atoms with Crippen molar-refractivity contribution in [1.82, 2.24) is 19.6 Å². The Balaban J connectivity index is 1.62. The summed E-state index contributed by atoms with van der Waals surface area (Å²) in [7, 11) is 0. The van der Waals surface area contributed by atoms with Crippen molar-refractivity contribution in [2.24, 2.45) is 0 Å². The average Bonchev–Trinajstić information content (AvgIpc) is 2.95. The number of nitrogens with zero attached hydrogens (tertiary/aromatic N) is 4. The Morgan fingerprint density at radius 3 is 2.75 bits per heavy atom. The van der Waals surface area contributed by atoms with E-state index < -0.39 is 4.92 Å². The smallest absolute Gasteiger partial charge is 0.269 e. The number of fused-ring (bicyclic) bond motifs is 1. The molecule has 0 aliphatic rings. The van der Waals surface area contributed by atoms with Gasteiger partial charge in [0.2, 0.25) is 11.7 Å². The normalized spacial score (nSPS) is 10.7. The third-order valence-corrected chi connectivity index (χ3v) is 3.91. The van der Waals surface area contributed by atoms with E-state index in [4.69, 9.17) is 0 Å². The van der Waals surface area contributed by atoms with Gasteiger partial charge < -0.3 is 5.32 Å². The van der Waals surface area contributed by atoms with Crippen molar-refractivity contribution in [2.75, 3.05) is 11.1 Å². The maximum Gasteiger partial charge on any atom is 0.269 e.